The average Bonchev–Trinajstić information content (AvgIpc) is 2.36. The van der Waals surface area contributed by atoms with Crippen LogP contribution in [0.5, 0.6) is 5.75 Å². The van der Waals surface area contributed by atoms with Crippen LogP contribution in [0.15, 0.2) is 16.6 Å². The van der Waals surface area contributed by atoms with Gasteiger partial charge in [0, 0.05) is 18.6 Å². The maximum Gasteiger partial charge on any atom is 0.260 e. The van der Waals surface area contributed by atoms with E-state index in [1.54, 1.807) is 6.07 Å². The fourth-order valence-corrected chi connectivity index (χ4v) is 2.52. The second kappa shape index (κ2) is 7.50. The molecule has 110 valence electrons. The molecule has 20 heavy (non-hydrogen) atoms. The summed E-state index contributed by atoms with van der Waals surface area (Å²) in [7, 11) is 3.05. The molecule has 0 aliphatic carbocycles. The third kappa shape index (κ3) is 4.68. The van der Waals surface area contributed by atoms with Crippen LogP contribution in [-0.2, 0) is 9.59 Å². The monoisotopic (exact) mass is 362 g/mol. The predicted molar refractivity (Wildman–Crippen MR) is 81.1 cm³/mol. The van der Waals surface area contributed by atoms with Crippen LogP contribution in [0.25, 0.3) is 0 Å². The van der Waals surface area contributed by atoms with Gasteiger partial charge in [0.2, 0.25) is 5.91 Å². The number of nitrogens with one attached hydrogen (secondary N) is 1. The molecule has 0 radical (unpaired) electrons. The van der Waals surface area contributed by atoms with E-state index in [1.165, 1.54) is 19.0 Å². The van der Waals surface area contributed by atoms with Crippen LogP contribution < -0.4 is 10.1 Å². The van der Waals surface area contributed by atoms with Crippen molar-refractivity contribution < 1.29 is 14.3 Å². The van der Waals surface area contributed by atoms with Crippen LogP contribution in [0.2, 0.25) is 5.02 Å². The summed E-state index contributed by atoms with van der Waals surface area (Å²) in [5.74, 6) is -0.0674. The quantitative estimate of drug-likeness (QED) is 0.870. The Labute approximate surface area is 131 Å². The van der Waals surface area contributed by atoms with Crippen molar-refractivity contribution in [3.05, 3.63) is 27.2 Å². The van der Waals surface area contributed by atoms with Crippen molar-refractivity contribution in [1.29, 1.82) is 0 Å². The van der Waals surface area contributed by atoms with E-state index in [2.05, 4.69) is 21.2 Å². The van der Waals surface area contributed by atoms with Crippen molar-refractivity contribution in [1.82, 2.24) is 10.2 Å². The number of likely N-dealkylation sites (N-methyl/N-ethyl adjacent to an activating group) is 2. The van der Waals surface area contributed by atoms with Crippen LogP contribution in [-0.4, -0.2) is 44.0 Å². The molecule has 0 saturated carbocycles. The maximum absolute atomic E-state index is 11.8. The summed E-state index contributed by atoms with van der Waals surface area (Å²) >= 11 is 9.39. The van der Waals surface area contributed by atoms with Gasteiger partial charge in [-0.1, -0.05) is 27.5 Å². The van der Waals surface area contributed by atoms with Gasteiger partial charge in [-0.05, 0) is 24.6 Å². The lowest BCUT2D eigenvalue weighted by atomic mass is 10.2. The lowest BCUT2D eigenvalue weighted by Crippen LogP contribution is -2.39. The number of hydrogen-bond acceptors (Lipinski definition) is 3. The zero-order valence-corrected chi connectivity index (χ0v) is 13.8. The van der Waals surface area contributed by atoms with Crippen LogP contribution in [0.1, 0.15) is 5.56 Å². The van der Waals surface area contributed by atoms with E-state index in [4.69, 9.17) is 16.3 Å². The van der Waals surface area contributed by atoms with Crippen molar-refractivity contribution in [2.45, 2.75) is 6.92 Å². The third-order valence-electron chi connectivity index (χ3n) is 2.62. The van der Waals surface area contributed by atoms with Crippen LogP contribution >= 0.6 is 27.5 Å². The molecule has 0 aromatic heterocycles. The average molecular weight is 364 g/mol. The van der Waals surface area contributed by atoms with Gasteiger partial charge in [0.25, 0.3) is 5.91 Å². The van der Waals surface area contributed by atoms with Gasteiger partial charge in [0.15, 0.2) is 6.61 Å². The first kappa shape index (κ1) is 16.8. The zero-order chi connectivity index (χ0) is 15.3. The second-order valence-corrected chi connectivity index (χ2v) is 5.57. The smallest absolute Gasteiger partial charge is 0.260 e. The minimum Gasteiger partial charge on any atom is -0.482 e. The molecule has 1 N–H and O–H groups in total. The number of ether oxygens (including phenoxy) is 1. The van der Waals surface area contributed by atoms with E-state index < -0.39 is 0 Å². The molecule has 5 nitrogen and oxygen atoms in total. The van der Waals surface area contributed by atoms with E-state index in [1.807, 2.05) is 13.0 Å². The number of aryl methyl sites for hydroxylation is 1. The molecule has 1 rings (SSSR count). The van der Waals surface area contributed by atoms with Crippen molar-refractivity contribution >= 4 is 39.3 Å². The molecule has 0 saturated heterocycles. The summed E-state index contributed by atoms with van der Waals surface area (Å²) in [6, 6.07) is 3.54. The molecule has 0 heterocycles. The summed E-state index contributed by atoms with van der Waals surface area (Å²) in [6.45, 7) is 1.66. The van der Waals surface area contributed by atoms with E-state index >= 15 is 0 Å². The highest BCUT2D eigenvalue weighted by atomic mass is 79.9. The molecule has 0 atom stereocenters. The number of amides is 2. The molecule has 0 aliphatic heterocycles. The standard InChI is InChI=1S/C13H16BrClN2O3/c1-8-4-9(14)5-10(15)13(8)20-7-12(19)17(3)6-11(18)16-2/h4-5H,6-7H2,1-3H3,(H,16,18). The lowest BCUT2D eigenvalue weighted by Gasteiger charge is -2.17. The molecule has 0 bridgehead atoms. The molecular formula is C13H16BrClN2O3. The van der Waals surface area contributed by atoms with Gasteiger partial charge in [-0.25, -0.2) is 0 Å². The number of hydrogen-bond donors (Lipinski definition) is 1. The summed E-state index contributed by atoms with van der Waals surface area (Å²) < 4.78 is 6.29. The third-order valence-corrected chi connectivity index (χ3v) is 3.36. The minimum absolute atomic E-state index is 0.00819. The Morgan fingerprint density at radius 2 is 2.10 bits per heavy atom. The summed E-state index contributed by atoms with van der Waals surface area (Å²) in [5.41, 5.74) is 0.825. The van der Waals surface area contributed by atoms with Gasteiger partial charge in [-0.3, -0.25) is 9.59 Å². The zero-order valence-electron chi connectivity index (χ0n) is 11.5. The lowest BCUT2D eigenvalue weighted by molar-refractivity contribution is -0.136. The Morgan fingerprint density at radius 1 is 1.45 bits per heavy atom. The summed E-state index contributed by atoms with van der Waals surface area (Å²) in [5, 5.41) is 2.88. The fraction of sp³-hybridized carbons (Fsp3) is 0.385. The highest BCUT2D eigenvalue weighted by Crippen LogP contribution is 2.31. The number of benzene rings is 1. The second-order valence-electron chi connectivity index (χ2n) is 4.25. The van der Waals surface area contributed by atoms with Crippen LogP contribution in [0.4, 0.5) is 0 Å². The first-order valence-electron chi connectivity index (χ1n) is 5.88. The highest BCUT2D eigenvalue weighted by molar-refractivity contribution is 9.10. The Morgan fingerprint density at radius 3 is 2.65 bits per heavy atom. The molecule has 2 amide bonds. The Kier molecular flexibility index (Phi) is 6.29. The van der Waals surface area contributed by atoms with Crippen molar-refractivity contribution in [2.24, 2.45) is 0 Å². The highest BCUT2D eigenvalue weighted by Gasteiger charge is 2.14. The minimum atomic E-state index is -0.299. The molecule has 0 spiro atoms. The van der Waals surface area contributed by atoms with Gasteiger partial charge < -0.3 is 15.0 Å². The van der Waals surface area contributed by atoms with E-state index in [0.717, 1.165) is 10.0 Å². The summed E-state index contributed by atoms with van der Waals surface area (Å²) in [6.07, 6.45) is 0. The molecule has 0 unspecified atom stereocenters. The van der Waals surface area contributed by atoms with Crippen molar-refractivity contribution in [3.63, 3.8) is 0 Å². The first-order chi connectivity index (χ1) is 9.35. The number of rotatable bonds is 5. The molecule has 0 aliphatic rings. The topological polar surface area (TPSA) is 58.6 Å². The summed E-state index contributed by atoms with van der Waals surface area (Å²) in [4.78, 5) is 24.3. The van der Waals surface area contributed by atoms with Crippen LogP contribution in [0, 0.1) is 6.92 Å². The maximum atomic E-state index is 11.8. The Balaban J connectivity index is 2.63. The van der Waals surface area contributed by atoms with E-state index in [-0.39, 0.29) is 25.0 Å². The van der Waals surface area contributed by atoms with Crippen LogP contribution in [0.3, 0.4) is 0 Å². The van der Waals surface area contributed by atoms with Gasteiger partial charge in [0.05, 0.1) is 11.6 Å². The van der Waals surface area contributed by atoms with E-state index in [9.17, 15) is 9.59 Å². The number of nitrogens with zero attached hydrogens (tertiary/aromatic N) is 1. The Hall–Kier alpha value is -1.27. The molecule has 0 fully saturated rings. The fourth-order valence-electron chi connectivity index (χ4n) is 1.50. The Bertz CT molecular complexity index is 499. The molecule has 1 aromatic carbocycles. The van der Waals surface area contributed by atoms with Crippen molar-refractivity contribution in [3.8, 4) is 5.75 Å². The van der Waals surface area contributed by atoms with Crippen molar-refractivity contribution in [2.75, 3.05) is 27.2 Å². The molecular weight excluding hydrogens is 348 g/mol. The number of halogens is 2. The van der Waals surface area contributed by atoms with Gasteiger partial charge >= 0.3 is 0 Å². The first-order valence-corrected chi connectivity index (χ1v) is 7.05. The molecule has 1 aromatic rings. The molecule has 7 heteroatoms. The SMILES string of the molecule is CNC(=O)CN(C)C(=O)COc1c(C)cc(Br)cc1Cl. The van der Waals surface area contributed by atoms with Gasteiger partial charge in [-0.15, -0.1) is 0 Å². The van der Waals surface area contributed by atoms with Gasteiger partial charge in [-0.2, -0.15) is 0 Å². The number of carbonyl (C=O) groups is 2. The number of carbonyl (C=O) groups excluding carboxylic acids is 2. The predicted octanol–water partition coefficient (Wildman–Crippen LogP) is 1.99. The van der Waals surface area contributed by atoms with Gasteiger partial charge in [0.1, 0.15) is 5.75 Å². The normalized spacial score (nSPS) is 10.1. The largest absolute Gasteiger partial charge is 0.482 e. The van der Waals surface area contributed by atoms with E-state index in [0.29, 0.717) is 10.8 Å².